The quantitative estimate of drug-likeness (QED) is 0.243. The first-order valence-electron chi connectivity index (χ1n) is 13.0. The Labute approximate surface area is 198 Å². The molecule has 0 heterocycles. The lowest BCUT2D eigenvalue weighted by molar-refractivity contribution is -0.144. The van der Waals surface area contributed by atoms with Crippen molar-refractivity contribution in [1.82, 2.24) is 0 Å². The van der Waals surface area contributed by atoms with Crippen LogP contribution in [0, 0.1) is 41.3 Å². The van der Waals surface area contributed by atoms with E-state index in [9.17, 15) is 9.18 Å². The minimum Gasteiger partial charge on any atom is -0.489 e. The van der Waals surface area contributed by atoms with Crippen molar-refractivity contribution in [2.24, 2.45) is 35.5 Å². The molecule has 0 bridgehead atoms. The molecule has 3 aliphatic carbocycles. The highest BCUT2D eigenvalue weighted by atomic mass is 19.1. The molecule has 1 aromatic carbocycles. The Hall–Kier alpha value is -2.10. The van der Waals surface area contributed by atoms with Gasteiger partial charge in [-0.25, -0.2) is 4.39 Å². The molecule has 0 spiro atoms. The van der Waals surface area contributed by atoms with Crippen molar-refractivity contribution in [3.8, 4) is 11.5 Å². The summed E-state index contributed by atoms with van der Waals surface area (Å²) in [5.41, 5.74) is 0. The lowest BCUT2D eigenvalue weighted by Crippen LogP contribution is -2.40. The number of hydrogen-bond donors (Lipinski definition) is 0. The Morgan fingerprint density at radius 2 is 1.85 bits per heavy atom. The molecule has 1 aromatic rings. The Kier molecular flexibility index (Phi) is 8.27. The molecule has 0 aliphatic heterocycles. The zero-order valence-electron chi connectivity index (χ0n) is 20.0. The van der Waals surface area contributed by atoms with Crippen molar-refractivity contribution in [2.75, 3.05) is 6.61 Å². The van der Waals surface area contributed by atoms with Crippen molar-refractivity contribution >= 4 is 5.97 Å². The maximum atomic E-state index is 14.5. The molecule has 0 saturated heterocycles. The summed E-state index contributed by atoms with van der Waals surface area (Å²) < 4.78 is 25.6. The van der Waals surface area contributed by atoms with Crippen LogP contribution in [-0.4, -0.2) is 12.6 Å². The topological polar surface area (TPSA) is 35.5 Å². The number of halogens is 1. The van der Waals surface area contributed by atoms with Crippen LogP contribution in [0.4, 0.5) is 4.39 Å². The minimum atomic E-state index is -0.549. The average Bonchev–Trinajstić information content (AvgIpc) is 2.85. The maximum Gasteiger partial charge on any atom is 0.314 e. The van der Waals surface area contributed by atoms with Gasteiger partial charge in [0.1, 0.15) is 12.4 Å². The number of hydrogen-bond acceptors (Lipinski definition) is 3. The zero-order chi connectivity index (χ0) is 23.2. The molecule has 0 amide bonds. The lowest BCUT2D eigenvalue weighted by atomic mass is 9.59. The van der Waals surface area contributed by atoms with Gasteiger partial charge in [0.25, 0.3) is 0 Å². The number of carbonyl (C=O) groups excluding carboxylic acids is 1. The van der Waals surface area contributed by atoms with Crippen LogP contribution < -0.4 is 9.47 Å². The normalized spacial score (nSPS) is 32.2. The molecule has 0 aromatic heterocycles. The van der Waals surface area contributed by atoms with Gasteiger partial charge in [-0.1, -0.05) is 31.1 Å². The number of benzene rings is 1. The molecule has 4 unspecified atom stereocenters. The molecule has 3 saturated carbocycles. The molecule has 4 heteroatoms. The van der Waals surface area contributed by atoms with Crippen LogP contribution in [0.5, 0.6) is 11.5 Å². The van der Waals surface area contributed by atoms with Crippen LogP contribution in [0.2, 0.25) is 0 Å². The molecule has 0 radical (unpaired) electrons. The van der Waals surface area contributed by atoms with E-state index >= 15 is 0 Å². The van der Waals surface area contributed by atoms with Gasteiger partial charge in [0.05, 0.1) is 5.92 Å². The van der Waals surface area contributed by atoms with Gasteiger partial charge in [0.15, 0.2) is 11.6 Å². The van der Waals surface area contributed by atoms with Crippen LogP contribution in [0.25, 0.3) is 0 Å². The number of fused-ring (bicyclic) bond motifs is 1. The standard InChI is InChI=1S/C29H39FO3/c1-3-5-17-32-24-14-16-28(27(30)19-24)33-29(31)26-8-6-7-23-18-22(13-15-25(23)26)21-11-9-20(4-2)10-12-21/h3-5,14,16,19-23,25-26H,2,6-13,15,17-18H2,1H3/b5-3+. The fourth-order valence-electron chi connectivity index (χ4n) is 6.65. The summed E-state index contributed by atoms with van der Waals surface area (Å²) in [6.45, 7) is 6.27. The first-order chi connectivity index (χ1) is 16.1. The Balaban J connectivity index is 1.33. The second-order valence-corrected chi connectivity index (χ2v) is 10.3. The highest BCUT2D eigenvalue weighted by Gasteiger charge is 2.43. The fraction of sp³-hybridized carbons (Fsp3) is 0.621. The summed E-state index contributed by atoms with van der Waals surface area (Å²) in [7, 11) is 0. The van der Waals surface area contributed by atoms with Crippen molar-refractivity contribution in [2.45, 2.75) is 71.1 Å². The smallest absolute Gasteiger partial charge is 0.314 e. The number of rotatable bonds is 7. The summed E-state index contributed by atoms with van der Waals surface area (Å²) >= 11 is 0. The van der Waals surface area contributed by atoms with E-state index in [2.05, 4.69) is 12.7 Å². The minimum absolute atomic E-state index is 0.00757. The van der Waals surface area contributed by atoms with Gasteiger partial charge in [-0.2, -0.15) is 0 Å². The highest BCUT2D eigenvalue weighted by molar-refractivity contribution is 5.75. The molecule has 3 aliphatic rings. The predicted octanol–water partition coefficient (Wildman–Crippen LogP) is 7.51. The second kappa shape index (κ2) is 11.4. The number of allylic oxidation sites excluding steroid dienone is 2. The molecule has 4 atom stereocenters. The highest BCUT2D eigenvalue weighted by Crippen LogP contribution is 2.50. The summed E-state index contributed by atoms with van der Waals surface area (Å²) in [6.07, 6.45) is 17.8. The lowest BCUT2D eigenvalue weighted by Gasteiger charge is -2.45. The predicted molar refractivity (Wildman–Crippen MR) is 130 cm³/mol. The molecular weight excluding hydrogens is 415 g/mol. The molecule has 180 valence electrons. The molecule has 3 nitrogen and oxygen atoms in total. The van der Waals surface area contributed by atoms with E-state index < -0.39 is 5.82 Å². The van der Waals surface area contributed by atoms with E-state index in [1.807, 2.05) is 19.1 Å². The van der Waals surface area contributed by atoms with Crippen LogP contribution in [-0.2, 0) is 4.79 Å². The van der Waals surface area contributed by atoms with Gasteiger partial charge in [0, 0.05) is 6.07 Å². The summed E-state index contributed by atoms with van der Waals surface area (Å²) in [4.78, 5) is 13.1. The Morgan fingerprint density at radius 1 is 1.06 bits per heavy atom. The van der Waals surface area contributed by atoms with Crippen molar-refractivity contribution in [1.29, 1.82) is 0 Å². The third-order valence-electron chi connectivity index (χ3n) is 8.50. The number of ether oxygens (including phenoxy) is 2. The van der Waals surface area contributed by atoms with Gasteiger partial charge in [-0.3, -0.25) is 4.79 Å². The molecular formula is C29H39FO3. The second-order valence-electron chi connectivity index (χ2n) is 10.3. The molecule has 0 N–H and O–H groups in total. The monoisotopic (exact) mass is 454 g/mol. The largest absolute Gasteiger partial charge is 0.489 e. The van der Waals surface area contributed by atoms with Crippen LogP contribution in [0.1, 0.15) is 71.1 Å². The number of esters is 1. The fourth-order valence-corrected chi connectivity index (χ4v) is 6.65. The van der Waals surface area contributed by atoms with Crippen LogP contribution >= 0.6 is 0 Å². The molecule has 3 fully saturated rings. The first-order valence-corrected chi connectivity index (χ1v) is 13.0. The van der Waals surface area contributed by atoms with Gasteiger partial charge >= 0.3 is 5.97 Å². The SMILES string of the molecule is C=CC1CCC(C2CCC3C(CCCC3C(=O)Oc3ccc(OC/C=C/C)cc3F)C2)CC1. The number of carbonyl (C=O) groups is 1. The molecule has 4 rings (SSSR count). The maximum absolute atomic E-state index is 14.5. The van der Waals surface area contributed by atoms with Crippen LogP contribution in [0.15, 0.2) is 43.0 Å². The van der Waals surface area contributed by atoms with E-state index in [4.69, 9.17) is 9.47 Å². The third kappa shape index (κ3) is 5.88. The summed E-state index contributed by atoms with van der Waals surface area (Å²) in [6, 6.07) is 4.46. The van der Waals surface area contributed by atoms with Crippen LogP contribution in [0.3, 0.4) is 0 Å². The zero-order valence-corrected chi connectivity index (χ0v) is 20.0. The van der Waals surface area contributed by atoms with E-state index in [1.165, 1.54) is 57.1 Å². The van der Waals surface area contributed by atoms with Crippen molar-refractivity contribution in [3.63, 3.8) is 0 Å². The Bertz CT molecular complexity index is 839. The summed E-state index contributed by atoms with van der Waals surface area (Å²) in [5.74, 6) is 2.89. The van der Waals surface area contributed by atoms with Gasteiger partial charge in [-0.05, 0) is 100 Å². The van der Waals surface area contributed by atoms with Crippen molar-refractivity contribution < 1.29 is 18.7 Å². The van der Waals surface area contributed by atoms with Gasteiger partial charge in [0.2, 0.25) is 0 Å². The summed E-state index contributed by atoms with van der Waals surface area (Å²) in [5, 5.41) is 0. The van der Waals surface area contributed by atoms with E-state index in [0.717, 1.165) is 31.1 Å². The molecule has 33 heavy (non-hydrogen) atoms. The van der Waals surface area contributed by atoms with Gasteiger partial charge in [-0.15, -0.1) is 6.58 Å². The van der Waals surface area contributed by atoms with E-state index in [-0.39, 0.29) is 17.6 Å². The van der Waals surface area contributed by atoms with E-state index in [1.54, 1.807) is 6.07 Å². The first kappa shape index (κ1) is 24.0. The average molecular weight is 455 g/mol. The van der Waals surface area contributed by atoms with Gasteiger partial charge < -0.3 is 9.47 Å². The third-order valence-corrected chi connectivity index (χ3v) is 8.50. The Morgan fingerprint density at radius 3 is 2.58 bits per heavy atom. The van der Waals surface area contributed by atoms with E-state index in [0.29, 0.717) is 30.1 Å². The van der Waals surface area contributed by atoms with Crippen molar-refractivity contribution in [3.05, 3.63) is 48.8 Å².